The lowest BCUT2D eigenvalue weighted by Gasteiger charge is -2.25. The van der Waals surface area contributed by atoms with E-state index in [1.165, 1.54) is 5.56 Å². The Morgan fingerprint density at radius 3 is 2.29 bits per heavy atom. The molecule has 142 valence electrons. The lowest BCUT2D eigenvalue weighted by atomic mass is 9.83. The molecule has 3 aromatic rings. The van der Waals surface area contributed by atoms with Crippen LogP contribution in [0.5, 0.6) is 0 Å². The molecule has 4 rings (SSSR count). The van der Waals surface area contributed by atoms with E-state index in [-0.39, 0.29) is 11.5 Å². The zero-order valence-corrected chi connectivity index (χ0v) is 16.6. The normalized spacial score (nSPS) is 17.7. The number of rotatable bonds is 4. The number of anilines is 2. The molecule has 0 fully saturated rings. The fourth-order valence-corrected chi connectivity index (χ4v) is 4.13. The SMILES string of the molecule is C[C@H](Nc1c(/C=C2\N(C)c3ccccc3C2(C)C)c(=O)c1=O)c1ccccc1. The highest BCUT2D eigenvalue weighted by Crippen LogP contribution is 2.47. The van der Waals surface area contributed by atoms with Crippen molar-refractivity contribution in [2.45, 2.75) is 32.2 Å². The van der Waals surface area contributed by atoms with Crippen molar-refractivity contribution in [1.29, 1.82) is 0 Å². The Balaban J connectivity index is 1.71. The monoisotopic (exact) mass is 372 g/mol. The molecule has 0 amide bonds. The number of nitrogens with one attached hydrogen (secondary N) is 1. The van der Waals surface area contributed by atoms with Gasteiger partial charge in [0.1, 0.15) is 0 Å². The third-order valence-corrected chi connectivity index (χ3v) is 5.83. The Hall–Kier alpha value is -3.14. The highest BCUT2D eigenvalue weighted by Gasteiger charge is 2.39. The molecule has 0 saturated heterocycles. The van der Waals surface area contributed by atoms with E-state index in [1.807, 2.05) is 62.5 Å². The molecule has 0 unspecified atom stereocenters. The summed E-state index contributed by atoms with van der Waals surface area (Å²) in [5.41, 5.74) is 4.20. The molecule has 4 nitrogen and oxygen atoms in total. The average Bonchev–Trinajstić information content (AvgIpc) is 2.91. The summed E-state index contributed by atoms with van der Waals surface area (Å²) in [6.45, 7) is 6.28. The van der Waals surface area contributed by atoms with Crippen LogP contribution in [0, 0.1) is 0 Å². The quantitative estimate of drug-likeness (QED) is 0.697. The lowest BCUT2D eigenvalue weighted by Crippen LogP contribution is -2.38. The molecule has 28 heavy (non-hydrogen) atoms. The summed E-state index contributed by atoms with van der Waals surface area (Å²) in [6.07, 6.45) is 1.88. The maximum atomic E-state index is 12.4. The molecule has 1 N–H and O–H groups in total. The van der Waals surface area contributed by atoms with Crippen molar-refractivity contribution >= 4 is 17.5 Å². The van der Waals surface area contributed by atoms with Gasteiger partial charge in [-0.1, -0.05) is 62.4 Å². The van der Waals surface area contributed by atoms with Gasteiger partial charge in [-0.2, -0.15) is 0 Å². The molecule has 0 aromatic heterocycles. The number of nitrogens with zero attached hydrogens (tertiary/aromatic N) is 1. The molecule has 0 radical (unpaired) electrons. The molecule has 0 bridgehead atoms. The van der Waals surface area contributed by atoms with Crippen molar-refractivity contribution in [2.75, 3.05) is 17.3 Å². The number of hydrogen-bond donors (Lipinski definition) is 1. The third kappa shape index (κ3) is 2.68. The Morgan fingerprint density at radius 1 is 0.964 bits per heavy atom. The molecular formula is C24H24N2O2. The van der Waals surface area contributed by atoms with E-state index in [9.17, 15) is 9.59 Å². The fraction of sp³-hybridized carbons (Fsp3) is 0.250. The van der Waals surface area contributed by atoms with Crippen LogP contribution in [-0.2, 0) is 5.41 Å². The molecule has 1 aliphatic heterocycles. The van der Waals surface area contributed by atoms with Crippen LogP contribution in [0.25, 0.3) is 6.08 Å². The van der Waals surface area contributed by atoms with Crippen LogP contribution in [0.15, 0.2) is 69.9 Å². The molecular weight excluding hydrogens is 348 g/mol. The standard InChI is InChI=1S/C24H24N2O2/c1-15(16-10-6-5-7-11-16)25-21-17(22(27)23(21)28)14-20-24(2,3)18-12-8-9-13-19(18)26(20)4/h5-15,25H,1-4H3/b20-14-/t15-/m0/s1. The van der Waals surface area contributed by atoms with E-state index in [4.69, 9.17) is 0 Å². The first-order valence-corrected chi connectivity index (χ1v) is 9.52. The minimum atomic E-state index is -0.439. The summed E-state index contributed by atoms with van der Waals surface area (Å²) in [6, 6.07) is 18.1. The summed E-state index contributed by atoms with van der Waals surface area (Å²) in [4.78, 5) is 26.7. The van der Waals surface area contributed by atoms with Crippen molar-refractivity contribution in [3.05, 3.63) is 97.4 Å². The van der Waals surface area contributed by atoms with Gasteiger partial charge in [-0.15, -0.1) is 0 Å². The molecule has 4 heteroatoms. The number of likely N-dealkylation sites (N-methyl/N-ethyl adjacent to an activating group) is 1. The van der Waals surface area contributed by atoms with Crippen molar-refractivity contribution in [3.63, 3.8) is 0 Å². The van der Waals surface area contributed by atoms with Crippen LogP contribution in [0.2, 0.25) is 0 Å². The molecule has 1 atom stereocenters. The molecule has 0 saturated carbocycles. The van der Waals surface area contributed by atoms with Gasteiger partial charge in [0, 0.05) is 29.9 Å². The molecule has 1 aliphatic rings. The minimum Gasteiger partial charge on any atom is -0.375 e. The number of hydrogen-bond acceptors (Lipinski definition) is 4. The van der Waals surface area contributed by atoms with E-state index in [0.29, 0.717) is 11.3 Å². The van der Waals surface area contributed by atoms with Gasteiger partial charge >= 0.3 is 0 Å². The maximum Gasteiger partial charge on any atom is 0.250 e. The Kier molecular flexibility index (Phi) is 4.22. The highest BCUT2D eigenvalue weighted by atomic mass is 16.2. The second-order valence-corrected chi connectivity index (χ2v) is 7.95. The van der Waals surface area contributed by atoms with Gasteiger partial charge in [0.05, 0.1) is 11.3 Å². The van der Waals surface area contributed by atoms with Crippen LogP contribution in [0.1, 0.15) is 43.5 Å². The second kappa shape index (κ2) is 6.48. The van der Waals surface area contributed by atoms with Crippen LogP contribution in [0.3, 0.4) is 0 Å². The van der Waals surface area contributed by atoms with Gasteiger partial charge in [-0.25, -0.2) is 0 Å². The summed E-state index contributed by atoms with van der Waals surface area (Å²) in [7, 11) is 2.00. The van der Waals surface area contributed by atoms with Crippen molar-refractivity contribution in [3.8, 4) is 0 Å². The predicted octanol–water partition coefficient (Wildman–Crippen LogP) is 4.22. The van der Waals surface area contributed by atoms with Gasteiger partial charge in [0.15, 0.2) is 0 Å². The smallest absolute Gasteiger partial charge is 0.250 e. The van der Waals surface area contributed by atoms with Gasteiger partial charge in [0.25, 0.3) is 0 Å². The van der Waals surface area contributed by atoms with E-state index in [2.05, 4.69) is 36.2 Å². The van der Waals surface area contributed by atoms with Crippen molar-refractivity contribution < 1.29 is 0 Å². The Labute approximate surface area is 164 Å². The van der Waals surface area contributed by atoms with Crippen LogP contribution < -0.4 is 21.1 Å². The third-order valence-electron chi connectivity index (χ3n) is 5.83. The summed E-state index contributed by atoms with van der Waals surface area (Å²) in [5.74, 6) is 0. The van der Waals surface area contributed by atoms with Gasteiger partial charge in [-0.05, 0) is 30.2 Å². The average molecular weight is 372 g/mol. The predicted molar refractivity (Wildman–Crippen MR) is 116 cm³/mol. The molecule has 0 spiro atoms. The number of fused-ring (bicyclic) bond motifs is 1. The zero-order chi connectivity index (χ0) is 20.1. The van der Waals surface area contributed by atoms with E-state index < -0.39 is 10.9 Å². The second-order valence-electron chi connectivity index (χ2n) is 7.95. The van der Waals surface area contributed by atoms with Crippen molar-refractivity contribution in [1.82, 2.24) is 0 Å². The molecule has 3 aromatic carbocycles. The lowest BCUT2D eigenvalue weighted by molar-refractivity contribution is 0.645. The Bertz CT molecular complexity index is 1140. The first-order valence-electron chi connectivity index (χ1n) is 9.52. The number of benzene rings is 2. The van der Waals surface area contributed by atoms with E-state index >= 15 is 0 Å². The number of allylic oxidation sites excluding steroid dienone is 1. The molecule has 0 aliphatic carbocycles. The summed E-state index contributed by atoms with van der Waals surface area (Å²) < 4.78 is 0. The first-order chi connectivity index (χ1) is 13.3. The Morgan fingerprint density at radius 2 is 1.61 bits per heavy atom. The topological polar surface area (TPSA) is 49.4 Å². The highest BCUT2D eigenvalue weighted by molar-refractivity contribution is 5.80. The molecule has 1 heterocycles. The van der Waals surface area contributed by atoms with Crippen molar-refractivity contribution in [2.24, 2.45) is 0 Å². The van der Waals surface area contributed by atoms with Gasteiger partial charge in [0.2, 0.25) is 10.9 Å². The number of para-hydroxylation sites is 1. The van der Waals surface area contributed by atoms with E-state index in [0.717, 1.165) is 16.9 Å². The summed E-state index contributed by atoms with van der Waals surface area (Å²) >= 11 is 0. The van der Waals surface area contributed by atoms with Gasteiger partial charge < -0.3 is 10.2 Å². The van der Waals surface area contributed by atoms with Crippen LogP contribution in [0.4, 0.5) is 11.4 Å². The first kappa shape index (κ1) is 18.2. The minimum absolute atomic E-state index is 0.0619. The van der Waals surface area contributed by atoms with Crippen LogP contribution in [-0.4, -0.2) is 7.05 Å². The fourth-order valence-electron chi connectivity index (χ4n) is 4.13. The summed E-state index contributed by atoms with van der Waals surface area (Å²) in [5, 5.41) is 3.25. The zero-order valence-electron chi connectivity index (χ0n) is 16.6. The van der Waals surface area contributed by atoms with Gasteiger partial charge in [-0.3, -0.25) is 9.59 Å². The van der Waals surface area contributed by atoms with Crippen LogP contribution >= 0.6 is 0 Å². The van der Waals surface area contributed by atoms with E-state index in [1.54, 1.807) is 0 Å². The largest absolute Gasteiger partial charge is 0.375 e. The maximum absolute atomic E-state index is 12.4.